The minimum atomic E-state index is -4.70. The topological polar surface area (TPSA) is 160 Å². The van der Waals surface area contributed by atoms with Crippen LogP contribution >= 0.6 is 11.6 Å². The molecule has 27 heteroatoms. The summed E-state index contributed by atoms with van der Waals surface area (Å²) < 4.78 is 174. The van der Waals surface area contributed by atoms with E-state index < -0.39 is 71.1 Å². The van der Waals surface area contributed by atoms with Gasteiger partial charge in [-0.3, -0.25) is 18.8 Å². The monoisotopic (exact) mass is 966 g/mol. The van der Waals surface area contributed by atoms with E-state index in [4.69, 9.17) is 16.7 Å². The second-order valence-corrected chi connectivity index (χ2v) is 14.4. The summed E-state index contributed by atoms with van der Waals surface area (Å²) in [5.41, 5.74) is -0.0711. The number of fused-ring (bicyclic) bond motifs is 2. The van der Waals surface area contributed by atoms with Gasteiger partial charge in [-0.05, 0) is 49.4 Å². The Morgan fingerprint density at radius 2 is 0.985 bits per heavy atom. The summed E-state index contributed by atoms with van der Waals surface area (Å²) in [4.78, 5) is 14.9. The van der Waals surface area contributed by atoms with Crippen molar-refractivity contribution in [2.75, 3.05) is 13.2 Å². The minimum Gasteiger partial charge on any atom is -0.463 e. The third kappa shape index (κ3) is 14.7. The SMILES string of the molecule is C.C.CC(C)CO.CC(C)COC(F)(F)c1nnc2cnc(-c3cnc(O[C@@H](C)C(F)(F)F)c(F)c3)cn12.C[C@H](Oc1ncc(-c2cn3c(C(F)(F)Cl)nnc3cn2)cc1F)C(F)(F)F. The Kier molecular flexibility index (Phi) is 18.8. The van der Waals surface area contributed by atoms with Gasteiger partial charge < -0.3 is 19.3 Å². The molecule has 14 nitrogen and oxygen atoms in total. The third-order valence-electron chi connectivity index (χ3n) is 7.77. The normalized spacial score (nSPS) is 13.0. The van der Waals surface area contributed by atoms with Gasteiger partial charge in [0.2, 0.25) is 11.6 Å². The van der Waals surface area contributed by atoms with E-state index in [2.05, 4.69) is 54.5 Å². The third-order valence-corrected chi connectivity index (χ3v) is 7.94. The highest BCUT2D eigenvalue weighted by Crippen LogP contribution is 2.34. The zero-order chi connectivity index (χ0) is 47.2. The summed E-state index contributed by atoms with van der Waals surface area (Å²) in [6.07, 6.45) is -11.3. The highest BCUT2D eigenvalue weighted by molar-refractivity contribution is 6.21. The molecule has 6 rings (SSSR count). The first-order valence-electron chi connectivity index (χ1n) is 18.0. The summed E-state index contributed by atoms with van der Waals surface area (Å²) >= 11 is 4.95. The molecule has 0 unspecified atom stereocenters. The first-order chi connectivity index (χ1) is 29.1. The molecule has 6 aromatic rings. The minimum absolute atomic E-state index is 0. The number of pyridine rings is 2. The van der Waals surface area contributed by atoms with Crippen LogP contribution in [0.1, 0.15) is 68.0 Å². The molecule has 65 heavy (non-hydrogen) atoms. The van der Waals surface area contributed by atoms with Crippen LogP contribution in [-0.2, 0) is 16.2 Å². The zero-order valence-corrected chi connectivity index (χ0v) is 34.2. The fourth-order valence-electron chi connectivity index (χ4n) is 4.40. The lowest BCUT2D eigenvalue weighted by atomic mass is 10.2. The highest BCUT2D eigenvalue weighted by Gasteiger charge is 2.41. The number of aromatic nitrogens is 10. The molecule has 6 heterocycles. The number of aliphatic hydroxyl groups is 1. The maximum absolute atomic E-state index is 14.4. The molecule has 0 bridgehead atoms. The second-order valence-electron chi connectivity index (χ2n) is 14.0. The van der Waals surface area contributed by atoms with E-state index in [0.29, 0.717) is 26.4 Å². The maximum atomic E-state index is 14.4. The van der Waals surface area contributed by atoms with E-state index in [1.165, 1.54) is 0 Å². The lowest BCUT2D eigenvalue weighted by molar-refractivity contribution is -0.258. The van der Waals surface area contributed by atoms with Crippen LogP contribution in [0.2, 0.25) is 0 Å². The van der Waals surface area contributed by atoms with Crippen molar-refractivity contribution in [1.82, 2.24) is 49.1 Å². The van der Waals surface area contributed by atoms with Gasteiger partial charge in [-0.15, -0.1) is 20.4 Å². The van der Waals surface area contributed by atoms with Crippen molar-refractivity contribution >= 4 is 22.9 Å². The molecule has 0 aliphatic rings. The van der Waals surface area contributed by atoms with Crippen molar-refractivity contribution in [2.45, 2.75) is 92.4 Å². The van der Waals surface area contributed by atoms with Gasteiger partial charge in [0.15, 0.2) is 35.1 Å². The number of nitrogens with zero attached hydrogens (tertiary/aromatic N) is 10. The Balaban J connectivity index is 0.000000396. The van der Waals surface area contributed by atoms with Gasteiger partial charge in [0.25, 0.3) is 11.8 Å². The molecule has 0 spiro atoms. The van der Waals surface area contributed by atoms with Crippen molar-refractivity contribution in [1.29, 1.82) is 0 Å². The summed E-state index contributed by atoms with van der Waals surface area (Å²) in [6.45, 7) is 8.83. The number of halogens is 13. The van der Waals surface area contributed by atoms with Gasteiger partial charge in [-0.25, -0.2) is 18.7 Å². The molecule has 0 aliphatic carbocycles. The van der Waals surface area contributed by atoms with E-state index in [1.54, 1.807) is 13.8 Å². The van der Waals surface area contributed by atoms with Crippen molar-refractivity contribution in [3.63, 3.8) is 0 Å². The number of hydrogen-bond acceptors (Lipinski definition) is 12. The predicted octanol–water partition coefficient (Wildman–Crippen LogP) is 10.2. The average molecular weight is 967 g/mol. The van der Waals surface area contributed by atoms with Crippen molar-refractivity contribution in [3.05, 3.63) is 72.6 Å². The molecule has 2 atom stereocenters. The number of alkyl halides is 11. The van der Waals surface area contributed by atoms with Crippen LogP contribution in [0.25, 0.3) is 33.8 Å². The van der Waals surface area contributed by atoms with Gasteiger partial charge in [0.1, 0.15) is 0 Å². The van der Waals surface area contributed by atoms with Crippen LogP contribution in [0.5, 0.6) is 11.8 Å². The largest absolute Gasteiger partial charge is 0.463 e. The standard InChI is InChI=1S/C18H17F6N5O2.C14H8ClF6N5O.C4H10O.2CH4/c1-9(2)8-30-18(23,24)16-28-27-14-6-25-13(7-29(14)16)11-4-12(19)15(26-5-11)31-10(3)17(20,21)22;1-6(14(19,20)21)27-11-8(16)2-7(3-23-11)9-5-26-10(4-22-9)24-25-12(26)13(15,17)18;1-4(2)3-5;;/h4-7,9-10H,8H2,1-3H3;2-6H,1H3;4-5H,3H2,1-2H3;2*1H4/t10-;6-;;;/m00.../s1. The fourth-order valence-corrected chi connectivity index (χ4v) is 4.53. The van der Waals surface area contributed by atoms with Gasteiger partial charge in [0, 0.05) is 42.5 Å². The molecule has 0 amide bonds. The van der Waals surface area contributed by atoms with Crippen molar-refractivity contribution in [3.8, 4) is 34.3 Å². The van der Waals surface area contributed by atoms with Crippen LogP contribution in [0.4, 0.5) is 52.7 Å². The van der Waals surface area contributed by atoms with Crippen LogP contribution < -0.4 is 9.47 Å². The number of ether oxygens (including phenoxy) is 3. The van der Waals surface area contributed by atoms with E-state index >= 15 is 0 Å². The smallest absolute Gasteiger partial charge is 0.425 e. The van der Waals surface area contributed by atoms with Crippen molar-refractivity contribution in [2.24, 2.45) is 11.8 Å². The first kappa shape index (κ1) is 55.5. The Morgan fingerprint density at radius 3 is 1.32 bits per heavy atom. The summed E-state index contributed by atoms with van der Waals surface area (Å²) in [7, 11) is 0. The molecular weight excluding hydrogens is 924 g/mol. The van der Waals surface area contributed by atoms with E-state index in [-0.39, 0.29) is 61.2 Å². The molecule has 6 aromatic heterocycles. The first-order valence-corrected chi connectivity index (χ1v) is 18.4. The lowest BCUT2D eigenvalue weighted by Gasteiger charge is -2.17. The quantitative estimate of drug-likeness (QED) is 0.0915. The second kappa shape index (κ2) is 22.0. The molecule has 0 saturated carbocycles. The number of hydrogen-bond donors (Lipinski definition) is 1. The average Bonchev–Trinajstić information content (AvgIpc) is 3.83. The highest BCUT2D eigenvalue weighted by atomic mass is 35.5. The van der Waals surface area contributed by atoms with Crippen LogP contribution in [-0.4, -0.2) is 92.0 Å². The van der Waals surface area contributed by atoms with Crippen LogP contribution in [0, 0.1) is 23.5 Å². The Hall–Kier alpha value is -5.63. The molecule has 0 aromatic carbocycles. The molecule has 0 aliphatic heterocycles. The van der Waals surface area contributed by atoms with Crippen LogP contribution in [0.15, 0.2) is 49.3 Å². The van der Waals surface area contributed by atoms with E-state index in [9.17, 15) is 52.7 Å². The summed E-state index contributed by atoms with van der Waals surface area (Å²) in [5.74, 6) is -5.47. The predicted molar refractivity (Wildman–Crippen MR) is 210 cm³/mol. The molecule has 0 saturated heterocycles. The Labute approximate surface area is 368 Å². The zero-order valence-electron chi connectivity index (χ0n) is 33.4. The molecule has 0 radical (unpaired) electrons. The molecule has 0 fully saturated rings. The van der Waals surface area contributed by atoms with E-state index in [1.807, 2.05) is 13.8 Å². The molecular formula is C38H43ClF12N10O4. The molecule has 1 N–H and O–H groups in total. The Bertz CT molecular complexity index is 2460. The summed E-state index contributed by atoms with van der Waals surface area (Å²) in [6, 6.07) is 1.64. The number of rotatable bonds is 12. The van der Waals surface area contributed by atoms with Gasteiger partial charge in [-0.1, -0.05) is 42.5 Å². The summed E-state index contributed by atoms with van der Waals surface area (Å²) in [5, 5.41) is 18.1. The maximum Gasteiger partial charge on any atom is 0.425 e. The fraction of sp³-hybridized carbons (Fsp3) is 0.474. The Morgan fingerprint density at radius 1 is 0.600 bits per heavy atom. The van der Waals surface area contributed by atoms with Gasteiger partial charge in [0.05, 0.1) is 30.4 Å². The molecule has 360 valence electrons. The van der Waals surface area contributed by atoms with Gasteiger partial charge >= 0.3 is 23.8 Å². The van der Waals surface area contributed by atoms with Crippen molar-refractivity contribution < 1.29 is 72.0 Å². The van der Waals surface area contributed by atoms with E-state index in [0.717, 1.165) is 58.1 Å². The lowest BCUT2D eigenvalue weighted by Crippen LogP contribution is -2.31. The number of aliphatic hydroxyl groups excluding tert-OH is 1. The van der Waals surface area contributed by atoms with Crippen LogP contribution in [0.3, 0.4) is 0 Å². The van der Waals surface area contributed by atoms with Gasteiger partial charge in [-0.2, -0.15) is 43.9 Å².